The number of allylic oxidation sites excluding steroid dienone is 16. The van der Waals surface area contributed by atoms with E-state index in [0.717, 1.165) is 103 Å². The van der Waals surface area contributed by atoms with Crippen molar-refractivity contribution in [1.82, 2.24) is 0 Å². The molecule has 6 nitrogen and oxygen atoms in total. The van der Waals surface area contributed by atoms with E-state index in [4.69, 9.17) is 14.2 Å². The van der Waals surface area contributed by atoms with Gasteiger partial charge in [0.15, 0.2) is 6.10 Å². The van der Waals surface area contributed by atoms with Crippen molar-refractivity contribution in [3.63, 3.8) is 0 Å². The Labute approximate surface area is 419 Å². The standard InChI is InChI=1S/C62H104O6/c1-4-7-10-13-16-19-22-25-28-30-31-33-34-37-40-43-46-49-52-55-61(64)67-58-59(57-66-60(63)54-51-48-45-42-39-36-27-24-21-18-15-12-9-6-3)68-62(65)56-53-50-47-44-41-38-35-32-29-26-23-20-17-14-11-8-5-2/h8,11,15,17-18,20,24-29,35,38,44,47,59H,4-7,9-10,12-14,16,19,21-23,30-34,36-37,39-43,45-46,48-58H2,1-3H3/b11-8-,18-15-,20-17-,27-24-,28-25-,29-26-,38-35-,47-44-. The number of esters is 3. The second-order valence-corrected chi connectivity index (χ2v) is 18.5. The molecular weight excluding hydrogens is 841 g/mol. The first kappa shape index (κ1) is 64.3. The SMILES string of the molecule is CC/C=C\C/C=C\C/C=C\C/C=C\C/C=C\CCCC(=O)OC(COC(=O)CCCCCCC/C=C\C/C=C\CCCC)COC(=O)CCCCCCCCCCC/C=C\CCCCCCCC. The lowest BCUT2D eigenvalue weighted by molar-refractivity contribution is -0.167. The Morgan fingerprint density at radius 1 is 0.309 bits per heavy atom. The van der Waals surface area contributed by atoms with E-state index in [1.54, 1.807) is 0 Å². The first-order valence-electron chi connectivity index (χ1n) is 28.2. The Balaban J connectivity index is 4.48. The van der Waals surface area contributed by atoms with Crippen molar-refractivity contribution in [2.45, 2.75) is 264 Å². The third-order valence-corrected chi connectivity index (χ3v) is 11.8. The Kier molecular flexibility index (Phi) is 52.9. The molecule has 0 amide bonds. The van der Waals surface area contributed by atoms with Gasteiger partial charge in [-0.15, -0.1) is 0 Å². The normalized spacial score (nSPS) is 12.8. The number of carbonyl (C=O) groups is 3. The molecule has 0 radical (unpaired) electrons. The van der Waals surface area contributed by atoms with Gasteiger partial charge < -0.3 is 14.2 Å². The van der Waals surface area contributed by atoms with Gasteiger partial charge in [0, 0.05) is 19.3 Å². The second kappa shape index (κ2) is 55.9. The van der Waals surface area contributed by atoms with Gasteiger partial charge in [0.2, 0.25) is 0 Å². The molecule has 0 aliphatic rings. The first-order valence-corrected chi connectivity index (χ1v) is 28.2. The lowest BCUT2D eigenvalue weighted by atomic mass is 10.1. The molecule has 6 heteroatoms. The van der Waals surface area contributed by atoms with Crippen LogP contribution >= 0.6 is 0 Å². The Bertz CT molecular complexity index is 1360. The molecule has 68 heavy (non-hydrogen) atoms. The quantitative estimate of drug-likeness (QED) is 0.0262. The maximum atomic E-state index is 12.8. The molecule has 0 heterocycles. The molecule has 0 rings (SSSR count). The van der Waals surface area contributed by atoms with E-state index < -0.39 is 6.10 Å². The summed E-state index contributed by atoms with van der Waals surface area (Å²) in [5.41, 5.74) is 0. The maximum absolute atomic E-state index is 12.8. The molecule has 388 valence electrons. The zero-order valence-electron chi connectivity index (χ0n) is 44.3. The predicted molar refractivity (Wildman–Crippen MR) is 293 cm³/mol. The van der Waals surface area contributed by atoms with Crippen LogP contribution in [0.1, 0.15) is 258 Å². The zero-order valence-corrected chi connectivity index (χ0v) is 44.3. The summed E-state index contributed by atoms with van der Waals surface area (Å²) in [5, 5.41) is 0. The van der Waals surface area contributed by atoms with Crippen LogP contribution in [0.5, 0.6) is 0 Å². The van der Waals surface area contributed by atoms with Gasteiger partial charge >= 0.3 is 17.9 Å². The summed E-state index contributed by atoms with van der Waals surface area (Å²) in [6.07, 6.45) is 74.0. The third-order valence-electron chi connectivity index (χ3n) is 11.8. The van der Waals surface area contributed by atoms with E-state index in [-0.39, 0.29) is 37.5 Å². The summed E-state index contributed by atoms with van der Waals surface area (Å²) in [7, 11) is 0. The van der Waals surface area contributed by atoms with Gasteiger partial charge in [0.1, 0.15) is 13.2 Å². The minimum Gasteiger partial charge on any atom is -0.462 e. The highest BCUT2D eigenvalue weighted by molar-refractivity contribution is 5.71. The molecule has 0 N–H and O–H groups in total. The molecular formula is C62H104O6. The van der Waals surface area contributed by atoms with E-state index >= 15 is 0 Å². The summed E-state index contributed by atoms with van der Waals surface area (Å²) < 4.78 is 16.8. The minimum absolute atomic E-state index is 0.106. The third kappa shape index (κ3) is 53.3. The van der Waals surface area contributed by atoms with Crippen molar-refractivity contribution in [2.75, 3.05) is 13.2 Å². The van der Waals surface area contributed by atoms with Gasteiger partial charge in [-0.05, 0) is 109 Å². The molecule has 1 unspecified atom stereocenters. The largest absolute Gasteiger partial charge is 0.462 e. The predicted octanol–water partition coefficient (Wildman–Crippen LogP) is 18.9. The summed E-state index contributed by atoms with van der Waals surface area (Å²) in [5.74, 6) is -0.980. The van der Waals surface area contributed by atoms with E-state index in [9.17, 15) is 14.4 Å². The van der Waals surface area contributed by atoms with E-state index in [2.05, 4.69) is 118 Å². The molecule has 0 saturated carbocycles. The second-order valence-electron chi connectivity index (χ2n) is 18.5. The highest BCUT2D eigenvalue weighted by atomic mass is 16.6. The fraction of sp³-hybridized carbons (Fsp3) is 0.694. The van der Waals surface area contributed by atoms with Gasteiger partial charge in [-0.1, -0.05) is 227 Å². The monoisotopic (exact) mass is 945 g/mol. The topological polar surface area (TPSA) is 78.9 Å². The maximum Gasteiger partial charge on any atom is 0.306 e. The summed E-state index contributed by atoms with van der Waals surface area (Å²) in [6, 6.07) is 0. The molecule has 0 aromatic rings. The van der Waals surface area contributed by atoms with Crippen molar-refractivity contribution in [2.24, 2.45) is 0 Å². The van der Waals surface area contributed by atoms with Gasteiger partial charge in [0.25, 0.3) is 0 Å². The number of unbranched alkanes of at least 4 members (excludes halogenated alkanes) is 23. The fourth-order valence-corrected chi connectivity index (χ4v) is 7.55. The van der Waals surface area contributed by atoms with Crippen LogP contribution in [-0.2, 0) is 28.6 Å². The molecule has 0 fully saturated rings. The van der Waals surface area contributed by atoms with Crippen LogP contribution in [0, 0.1) is 0 Å². The Morgan fingerprint density at radius 3 is 1.00 bits per heavy atom. The van der Waals surface area contributed by atoms with Gasteiger partial charge in [0.05, 0.1) is 0 Å². The van der Waals surface area contributed by atoms with Gasteiger partial charge in [-0.3, -0.25) is 14.4 Å². The van der Waals surface area contributed by atoms with Crippen LogP contribution < -0.4 is 0 Å². The fourth-order valence-electron chi connectivity index (χ4n) is 7.55. The van der Waals surface area contributed by atoms with E-state index in [1.807, 2.05) is 0 Å². The lowest BCUT2D eigenvalue weighted by Gasteiger charge is -2.18. The molecule has 0 spiro atoms. The van der Waals surface area contributed by atoms with Crippen molar-refractivity contribution in [3.05, 3.63) is 97.2 Å². The lowest BCUT2D eigenvalue weighted by Crippen LogP contribution is -2.30. The average molecular weight is 946 g/mol. The minimum atomic E-state index is -0.815. The number of rotatable bonds is 50. The molecule has 0 aromatic heterocycles. The summed E-state index contributed by atoms with van der Waals surface area (Å²) >= 11 is 0. The number of hydrogen-bond acceptors (Lipinski definition) is 6. The zero-order chi connectivity index (χ0) is 49.3. The van der Waals surface area contributed by atoms with Crippen molar-refractivity contribution < 1.29 is 28.6 Å². The number of hydrogen-bond donors (Lipinski definition) is 0. The van der Waals surface area contributed by atoms with Crippen molar-refractivity contribution in [3.8, 4) is 0 Å². The molecule has 0 saturated heterocycles. The smallest absolute Gasteiger partial charge is 0.306 e. The summed E-state index contributed by atoms with van der Waals surface area (Å²) in [6.45, 7) is 6.43. The molecule has 0 aliphatic carbocycles. The van der Waals surface area contributed by atoms with Gasteiger partial charge in [-0.2, -0.15) is 0 Å². The summed E-state index contributed by atoms with van der Waals surface area (Å²) in [4.78, 5) is 38.1. The van der Waals surface area contributed by atoms with Gasteiger partial charge in [-0.25, -0.2) is 0 Å². The first-order chi connectivity index (χ1) is 33.5. The Morgan fingerprint density at radius 2 is 0.603 bits per heavy atom. The van der Waals surface area contributed by atoms with Crippen LogP contribution in [0.25, 0.3) is 0 Å². The van der Waals surface area contributed by atoms with Crippen LogP contribution in [0.4, 0.5) is 0 Å². The molecule has 0 aliphatic heterocycles. The van der Waals surface area contributed by atoms with Crippen LogP contribution in [0.15, 0.2) is 97.2 Å². The van der Waals surface area contributed by atoms with E-state index in [0.29, 0.717) is 19.3 Å². The average Bonchev–Trinajstić information content (AvgIpc) is 3.34. The number of ether oxygens (including phenoxy) is 3. The van der Waals surface area contributed by atoms with Crippen molar-refractivity contribution >= 4 is 17.9 Å². The molecule has 1 atom stereocenters. The highest BCUT2D eigenvalue weighted by Crippen LogP contribution is 2.14. The number of carbonyl (C=O) groups excluding carboxylic acids is 3. The highest BCUT2D eigenvalue weighted by Gasteiger charge is 2.19. The van der Waals surface area contributed by atoms with Crippen LogP contribution in [0.3, 0.4) is 0 Å². The van der Waals surface area contributed by atoms with E-state index in [1.165, 1.54) is 109 Å². The Hall–Kier alpha value is -3.67. The molecule has 0 aromatic carbocycles. The van der Waals surface area contributed by atoms with Crippen molar-refractivity contribution in [1.29, 1.82) is 0 Å². The van der Waals surface area contributed by atoms with Crippen LogP contribution in [-0.4, -0.2) is 37.2 Å². The van der Waals surface area contributed by atoms with Crippen LogP contribution in [0.2, 0.25) is 0 Å². The molecule has 0 bridgehead atoms.